The zero-order valence-electron chi connectivity index (χ0n) is 24.5. The lowest BCUT2D eigenvalue weighted by Crippen LogP contribution is -2.47. The smallest absolute Gasteiger partial charge is 0.321 e. The second-order valence-electron chi connectivity index (χ2n) is 12.8. The van der Waals surface area contributed by atoms with Gasteiger partial charge in [0.05, 0.1) is 5.69 Å². The summed E-state index contributed by atoms with van der Waals surface area (Å²) in [6, 6.07) is 6.74. The van der Waals surface area contributed by atoms with Gasteiger partial charge in [-0.3, -0.25) is 14.4 Å². The lowest BCUT2D eigenvalue weighted by molar-refractivity contribution is -0.145. The van der Waals surface area contributed by atoms with E-state index in [-0.39, 0.29) is 29.1 Å². The molecule has 2 fully saturated rings. The Hall–Kier alpha value is -2.25. The first-order valence-electron chi connectivity index (χ1n) is 15.2. The van der Waals surface area contributed by atoms with Crippen LogP contribution in [0, 0.1) is 17.7 Å². The van der Waals surface area contributed by atoms with E-state index in [1.54, 1.807) is 6.07 Å². The van der Waals surface area contributed by atoms with E-state index in [2.05, 4.69) is 34.4 Å². The van der Waals surface area contributed by atoms with Gasteiger partial charge in [0.2, 0.25) is 0 Å². The third-order valence-corrected chi connectivity index (χ3v) is 10.3. The third-order valence-electron chi connectivity index (χ3n) is 10.3. The van der Waals surface area contributed by atoms with Crippen molar-refractivity contribution in [2.75, 3.05) is 26.7 Å². The number of aromatic nitrogens is 2. The number of fused-ring (bicyclic) bond motifs is 2. The van der Waals surface area contributed by atoms with Crippen molar-refractivity contribution in [1.29, 1.82) is 0 Å². The molecule has 0 amide bonds. The number of likely N-dealkylation sites (N-methyl/N-ethyl adjacent to an activating group) is 1. The number of hydrogen-bond acceptors (Lipinski definition) is 4. The van der Waals surface area contributed by atoms with Gasteiger partial charge in [-0.15, -0.1) is 0 Å². The van der Waals surface area contributed by atoms with Gasteiger partial charge in [0.25, 0.3) is 0 Å². The van der Waals surface area contributed by atoms with Crippen LogP contribution in [0.4, 0.5) is 4.39 Å². The highest BCUT2D eigenvalue weighted by atomic mass is 19.1. The van der Waals surface area contributed by atoms with Crippen molar-refractivity contribution < 1.29 is 14.3 Å². The highest BCUT2D eigenvalue weighted by molar-refractivity contribution is 5.73. The molecule has 1 aromatic heterocycles. The zero-order valence-corrected chi connectivity index (χ0v) is 24.5. The molecule has 1 aromatic carbocycles. The minimum atomic E-state index is -0.757. The fraction of sp³-hybridized carbons (Fsp3) is 0.688. The summed E-state index contributed by atoms with van der Waals surface area (Å²) < 4.78 is 16.5. The van der Waals surface area contributed by atoms with Crippen LogP contribution >= 0.6 is 0 Å². The molecule has 1 N–H and O–H groups in total. The highest BCUT2D eigenvalue weighted by Gasteiger charge is 2.46. The number of rotatable bonds is 9. The number of aryl methyl sites for hydroxylation is 1. The second kappa shape index (κ2) is 11.3. The van der Waals surface area contributed by atoms with E-state index in [0.717, 1.165) is 70.3 Å². The molecule has 214 valence electrons. The van der Waals surface area contributed by atoms with Gasteiger partial charge >= 0.3 is 5.97 Å². The average molecular weight is 539 g/mol. The molecule has 1 aliphatic heterocycles. The molecule has 0 unspecified atom stereocenters. The van der Waals surface area contributed by atoms with Crippen LogP contribution in [0.1, 0.15) is 88.2 Å². The van der Waals surface area contributed by atoms with Crippen molar-refractivity contribution in [3.05, 3.63) is 52.6 Å². The summed E-state index contributed by atoms with van der Waals surface area (Å²) in [5, 5.41) is 15.1. The Morgan fingerprint density at radius 2 is 1.95 bits per heavy atom. The molecule has 0 radical (unpaired) electrons. The Morgan fingerprint density at radius 3 is 2.56 bits per heavy atom. The van der Waals surface area contributed by atoms with Crippen molar-refractivity contribution >= 4 is 5.97 Å². The summed E-state index contributed by atoms with van der Waals surface area (Å²) in [5.74, 6) is -0.315. The fourth-order valence-electron chi connectivity index (χ4n) is 8.28. The van der Waals surface area contributed by atoms with E-state index in [1.807, 2.05) is 27.0 Å². The molecular weight excluding hydrogens is 491 g/mol. The van der Waals surface area contributed by atoms with Gasteiger partial charge in [0.15, 0.2) is 0 Å². The molecule has 1 spiro atoms. The molecule has 5 rings (SSSR count). The van der Waals surface area contributed by atoms with Gasteiger partial charge in [-0.2, -0.15) is 5.10 Å². The summed E-state index contributed by atoms with van der Waals surface area (Å²) in [6.45, 7) is 12.5. The van der Waals surface area contributed by atoms with Crippen molar-refractivity contribution in [3.8, 4) is 0 Å². The van der Waals surface area contributed by atoms with E-state index in [4.69, 9.17) is 5.10 Å². The largest absolute Gasteiger partial charge is 0.480 e. The molecule has 4 atom stereocenters. The molecule has 0 bridgehead atoms. The zero-order chi connectivity index (χ0) is 27.9. The number of hydrogen-bond donors (Lipinski definition) is 1. The predicted octanol–water partition coefficient (Wildman–Crippen LogP) is 5.49. The van der Waals surface area contributed by atoms with Crippen LogP contribution in [0.5, 0.6) is 0 Å². The van der Waals surface area contributed by atoms with E-state index in [0.29, 0.717) is 5.92 Å². The number of benzene rings is 1. The van der Waals surface area contributed by atoms with Gasteiger partial charge < -0.3 is 10.0 Å². The van der Waals surface area contributed by atoms with Gasteiger partial charge in [0, 0.05) is 30.2 Å². The Kier molecular flexibility index (Phi) is 8.21. The van der Waals surface area contributed by atoms with E-state index >= 15 is 0 Å². The standard InChI is InChI=1S/C32H47FN4O2/c1-6-28-26-11-12-32(30(26)34-37(28)7-2)13-15-36(16-14-32)20-23-18-25(35(5)29(21(3)4)31(38)39)19-27(23)22-9-8-10-24(33)17-22/h8-10,17,21,23,25,27,29H,6-7,11-16,18-20H2,1-5H3,(H,38,39)/t23-,25+,27-,29-/m1/s1. The Bertz CT molecular complexity index is 1170. The topological polar surface area (TPSA) is 61.6 Å². The Morgan fingerprint density at radius 1 is 1.21 bits per heavy atom. The number of aliphatic carboxylic acids is 1. The number of likely N-dealkylation sites (tertiary alicyclic amines) is 1. The van der Waals surface area contributed by atoms with Gasteiger partial charge in [-0.05, 0) is 113 Å². The third kappa shape index (κ3) is 5.29. The quantitative estimate of drug-likeness (QED) is 0.458. The maximum absolute atomic E-state index is 14.3. The Balaban J connectivity index is 1.31. The number of halogens is 1. The highest BCUT2D eigenvalue weighted by Crippen LogP contribution is 2.48. The van der Waals surface area contributed by atoms with Gasteiger partial charge in [-0.25, -0.2) is 4.39 Å². The summed E-state index contributed by atoms with van der Waals surface area (Å²) in [6.07, 6.45) is 7.56. The molecule has 2 aromatic rings. The summed E-state index contributed by atoms with van der Waals surface area (Å²) in [5.41, 5.74) is 5.63. The average Bonchev–Trinajstić information content (AvgIpc) is 3.58. The van der Waals surface area contributed by atoms with Crippen LogP contribution in [0.3, 0.4) is 0 Å². The molecule has 39 heavy (non-hydrogen) atoms. The van der Waals surface area contributed by atoms with Crippen LogP contribution in [0.2, 0.25) is 0 Å². The minimum Gasteiger partial charge on any atom is -0.480 e. The fourth-order valence-corrected chi connectivity index (χ4v) is 8.28. The van der Waals surface area contributed by atoms with Crippen molar-refractivity contribution in [3.63, 3.8) is 0 Å². The van der Waals surface area contributed by atoms with Crippen LogP contribution < -0.4 is 0 Å². The lowest BCUT2D eigenvalue weighted by atomic mass is 9.76. The minimum absolute atomic E-state index is 0.0261. The second-order valence-corrected chi connectivity index (χ2v) is 12.8. The predicted molar refractivity (Wildman–Crippen MR) is 153 cm³/mol. The van der Waals surface area contributed by atoms with Gasteiger partial charge in [-0.1, -0.05) is 32.9 Å². The summed E-state index contributed by atoms with van der Waals surface area (Å²) in [4.78, 5) is 16.8. The van der Waals surface area contributed by atoms with Crippen molar-refractivity contribution in [2.45, 2.75) is 103 Å². The molecule has 2 aliphatic carbocycles. The normalized spacial score (nSPS) is 25.6. The van der Waals surface area contributed by atoms with Crippen LogP contribution in [0.25, 0.3) is 0 Å². The van der Waals surface area contributed by atoms with Crippen LogP contribution in [-0.2, 0) is 29.6 Å². The first kappa shape index (κ1) is 28.3. The van der Waals surface area contributed by atoms with Crippen LogP contribution in [0.15, 0.2) is 24.3 Å². The number of nitrogens with zero attached hydrogens (tertiary/aromatic N) is 4. The molecule has 1 saturated carbocycles. The Labute approximate surface area is 233 Å². The lowest BCUT2D eigenvalue weighted by Gasteiger charge is -2.40. The number of carbonyl (C=O) groups is 1. The van der Waals surface area contributed by atoms with Gasteiger partial charge in [0.1, 0.15) is 11.9 Å². The molecule has 6 nitrogen and oxygen atoms in total. The van der Waals surface area contributed by atoms with Crippen molar-refractivity contribution in [1.82, 2.24) is 19.6 Å². The van der Waals surface area contributed by atoms with E-state index < -0.39 is 12.0 Å². The monoisotopic (exact) mass is 538 g/mol. The maximum Gasteiger partial charge on any atom is 0.321 e. The molecule has 3 aliphatic rings. The first-order valence-corrected chi connectivity index (χ1v) is 15.2. The summed E-state index contributed by atoms with van der Waals surface area (Å²) >= 11 is 0. The summed E-state index contributed by atoms with van der Waals surface area (Å²) in [7, 11) is 1.97. The number of carboxylic acid groups (broad SMARTS) is 1. The van der Waals surface area contributed by atoms with E-state index in [1.165, 1.54) is 29.4 Å². The first-order chi connectivity index (χ1) is 18.7. The number of carboxylic acids is 1. The van der Waals surface area contributed by atoms with Crippen molar-refractivity contribution in [2.24, 2.45) is 11.8 Å². The SMILES string of the molecule is CCc1c2c(nn1CC)C1(CC2)CCN(C[C@H]2C[C@H](N(C)[C@@H](C(=O)O)C(C)C)C[C@@H]2c2cccc(F)c2)CC1. The van der Waals surface area contributed by atoms with Crippen LogP contribution in [-0.4, -0.2) is 69.4 Å². The maximum atomic E-state index is 14.3. The molecule has 2 heterocycles. The molecular formula is C32H47FN4O2. The van der Waals surface area contributed by atoms with E-state index in [9.17, 15) is 14.3 Å². The molecule has 1 saturated heterocycles. The number of piperidine rings is 1. The molecule has 7 heteroatoms.